The van der Waals surface area contributed by atoms with E-state index in [-0.39, 0.29) is 20.5 Å². The number of benzene rings is 1. The van der Waals surface area contributed by atoms with Gasteiger partial charge in [-0.05, 0) is 68.2 Å². The summed E-state index contributed by atoms with van der Waals surface area (Å²) < 4.78 is 34.3. The Morgan fingerprint density at radius 2 is 1.81 bits per heavy atom. The molecule has 0 saturated heterocycles. The van der Waals surface area contributed by atoms with Crippen LogP contribution in [-0.4, -0.2) is 17.7 Å². The zero-order valence-electron chi connectivity index (χ0n) is 15.9. The summed E-state index contributed by atoms with van der Waals surface area (Å²) in [7, 11) is -0.0605. The number of hydrogen-bond donors (Lipinski definition) is 1. The largest absolute Gasteiger partial charge is 0.490 e. The number of unbranched alkanes of at least 4 members (excludes halogenated alkanes) is 3. The molecule has 0 aliphatic heterocycles. The zero-order chi connectivity index (χ0) is 18.8. The minimum absolute atomic E-state index is 0.00551. The lowest BCUT2D eigenvalue weighted by Gasteiger charge is -2.29. The van der Waals surface area contributed by atoms with Crippen LogP contribution in [0.25, 0.3) is 0 Å². The molecule has 26 heavy (non-hydrogen) atoms. The van der Waals surface area contributed by atoms with E-state index in [2.05, 4.69) is 6.92 Å². The lowest BCUT2D eigenvalue weighted by Crippen LogP contribution is -2.15. The Bertz CT molecular complexity index is 531. The molecule has 1 atom stereocenters. The Labute approximate surface area is 158 Å². The Balaban J connectivity index is 1.86. The molecule has 1 fully saturated rings. The van der Waals surface area contributed by atoms with Gasteiger partial charge in [0.25, 0.3) is 0 Å². The fourth-order valence-corrected chi connectivity index (χ4v) is 4.31. The Kier molecular flexibility index (Phi) is 9.85. The maximum atomic E-state index is 14.5. The van der Waals surface area contributed by atoms with Crippen LogP contribution in [0, 0.1) is 17.6 Å². The van der Waals surface area contributed by atoms with Crippen molar-refractivity contribution in [3.8, 4) is 5.75 Å². The molecular formula is C21H33F2O2P. The molecule has 0 spiro atoms. The maximum Gasteiger partial charge on any atom is 0.200 e. The van der Waals surface area contributed by atoms with E-state index in [4.69, 9.17) is 9.63 Å². The van der Waals surface area contributed by atoms with Crippen LogP contribution in [0.5, 0.6) is 5.75 Å². The molecule has 1 aliphatic carbocycles. The summed E-state index contributed by atoms with van der Waals surface area (Å²) in [5.41, 5.74) is 0.517. The predicted molar refractivity (Wildman–Crippen MR) is 105 cm³/mol. The fourth-order valence-electron chi connectivity index (χ4n) is 3.91. The van der Waals surface area contributed by atoms with E-state index < -0.39 is 11.6 Å². The summed E-state index contributed by atoms with van der Waals surface area (Å²) in [6.45, 7) is 2.57. The van der Waals surface area contributed by atoms with E-state index >= 15 is 0 Å². The molecule has 1 saturated carbocycles. The molecule has 5 heteroatoms. The van der Waals surface area contributed by atoms with E-state index in [1.165, 1.54) is 25.7 Å². The minimum atomic E-state index is -0.850. The van der Waals surface area contributed by atoms with Crippen LogP contribution in [0.3, 0.4) is 0 Å². The highest BCUT2D eigenvalue weighted by molar-refractivity contribution is 7.31. The summed E-state index contributed by atoms with van der Waals surface area (Å²) in [5, 5.41) is 0. The van der Waals surface area contributed by atoms with Gasteiger partial charge in [-0.3, -0.25) is 0 Å². The normalized spacial score (nSPS) is 20.8. The Hall–Kier alpha value is -0.730. The number of halogens is 2. The van der Waals surface area contributed by atoms with E-state index in [1.54, 1.807) is 12.1 Å². The molecule has 1 aromatic carbocycles. The first-order valence-electron chi connectivity index (χ1n) is 10.1. The van der Waals surface area contributed by atoms with Crippen LogP contribution in [0.1, 0.15) is 82.6 Å². The van der Waals surface area contributed by atoms with Crippen LogP contribution in [0.15, 0.2) is 12.1 Å². The summed E-state index contributed by atoms with van der Waals surface area (Å²) in [4.78, 5) is 8.77. The highest BCUT2D eigenvalue weighted by atomic mass is 31.1. The summed E-state index contributed by atoms with van der Waals surface area (Å²) in [6.07, 6.45) is 11.6. The SMILES string of the molecule is CCCCCC1CCC(c2ccc(OCCCCPO)c(F)c2F)CC1. The second-order valence-corrected chi connectivity index (χ2v) is 8.27. The molecule has 1 N–H and O–H groups in total. The summed E-state index contributed by atoms with van der Waals surface area (Å²) >= 11 is 0. The average molecular weight is 386 g/mol. The molecule has 148 valence electrons. The van der Waals surface area contributed by atoms with Crippen molar-refractivity contribution in [3.63, 3.8) is 0 Å². The molecule has 1 unspecified atom stereocenters. The molecule has 0 radical (unpaired) electrons. The maximum absolute atomic E-state index is 14.5. The van der Waals surface area contributed by atoms with Gasteiger partial charge in [0.15, 0.2) is 11.6 Å². The fraction of sp³-hybridized carbons (Fsp3) is 0.714. The number of rotatable bonds is 11. The minimum Gasteiger partial charge on any atom is -0.490 e. The van der Waals surface area contributed by atoms with Gasteiger partial charge in [-0.1, -0.05) is 38.7 Å². The van der Waals surface area contributed by atoms with Crippen molar-refractivity contribution in [2.75, 3.05) is 12.8 Å². The second-order valence-electron chi connectivity index (χ2n) is 7.46. The van der Waals surface area contributed by atoms with Gasteiger partial charge in [0.2, 0.25) is 5.82 Å². The number of hydrogen-bond acceptors (Lipinski definition) is 2. The monoisotopic (exact) mass is 386 g/mol. The van der Waals surface area contributed by atoms with Crippen molar-refractivity contribution in [1.29, 1.82) is 0 Å². The number of ether oxygens (including phenoxy) is 1. The first-order chi connectivity index (χ1) is 12.7. The van der Waals surface area contributed by atoms with Crippen molar-refractivity contribution >= 4 is 8.81 Å². The molecule has 0 amide bonds. The van der Waals surface area contributed by atoms with E-state index in [1.807, 2.05) is 0 Å². The van der Waals surface area contributed by atoms with Gasteiger partial charge in [-0.25, -0.2) is 4.39 Å². The third-order valence-corrected chi connectivity index (χ3v) is 6.10. The third-order valence-electron chi connectivity index (χ3n) is 5.52. The van der Waals surface area contributed by atoms with Gasteiger partial charge in [0.1, 0.15) is 0 Å². The summed E-state index contributed by atoms with van der Waals surface area (Å²) in [6, 6.07) is 3.29. The Morgan fingerprint density at radius 3 is 2.50 bits per heavy atom. The lowest BCUT2D eigenvalue weighted by atomic mass is 9.77. The van der Waals surface area contributed by atoms with Crippen LogP contribution >= 0.6 is 8.81 Å². The van der Waals surface area contributed by atoms with Crippen molar-refractivity contribution in [1.82, 2.24) is 0 Å². The lowest BCUT2D eigenvalue weighted by molar-refractivity contribution is 0.282. The molecule has 1 aliphatic rings. The quantitative estimate of drug-likeness (QED) is 0.344. The first-order valence-corrected chi connectivity index (χ1v) is 11.3. The molecule has 0 heterocycles. The van der Waals surface area contributed by atoms with Gasteiger partial charge in [-0.15, -0.1) is 0 Å². The van der Waals surface area contributed by atoms with Crippen molar-refractivity contribution in [3.05, 3.63) is 29.3 Å². The highest BCUT2D eigenvalue weighted by Crippen LogP contribution is 2.40. The van der Waals surface area contributed by atoms with Gasteiger partial charge >= 0.3 is 0 Å². The zero-order valence-corrected chi connectivity index (χ0v) is 16.9. The highest BCUT2D eigenvalue weighted by Gasteiger charge is 2.26. The van der Waals surface area contributed by atoms with Gasteiger partial charge in [-0.2, -0.15) is 4.39 Å². The standard InChI is InChI=1S/C21H33F2O2P/c1-2-3-4-7-16-8-10-17(11-9-16)18-12-13-19(21(23)20(18)22)25-14-5-6-15-26-24/h12-13,16-17,24,26H,2-11,14-15H2,1H3. The van der Waals surface area contributed by atoms with Crippen LogP contribution in [0.4, 0.5) is 8.78 Å². The summed E-state index contributed by atoms with van der Waals surface area (Å²) in [5.74, 6) is -0.685. The molecule has 0 aromatic heterocycles. The smallest absolute Gasteiger partial charge is 0.200 e. The van der Waals surface area contributed by atoms with Crippen LogP contribution < -0.4 is 4.74 Å². The van der Waals surface area contributed by atoms with Crippen molar-refractivity contribution in [2.24, 2.45) is 5.92 Å². The van der Waals surface area contributed by atoms with E-state index in [0.29, 0.717) is 12.2 Å². The first kappa shape index (κ1) is 21.6. The second kappa shape index (κ2) is 11.9. The molecule has 2 rings (SSSR count). The van der Waals surface area contributed by atoms with Gasteiger partial charge in [0, 0.05) is 8.81 Å². The van der Waals surface area contributed by atoms with Gasteiger partial charge in [0.05, 0.1) is 6.61 Å². The van der Waals surface area contributed by atoms with Crippen molar-refractivity contribution < 1.29 is 18.4 Å². The van der Waals surface area contributed by atoms with Crippen molar-refractivity contribution in [2.45, 2.75) is 77.0 Å². The topological polar surface area (TPSA) is 29.5 Å². The van der Waals surface area contributed by atoms with E-state index in [9.17, 15) is 8.78 Å². The molecule has 2 nitrogen and oxygen atoms in total. The van der Waals surface area contributed by atoms with E-state index in [0.717, 1.165) is 50.6 Å². The third kappa shape index (κ3) is 6.46. The average Bonchev–Trinajstić information content (AvgIpc) is 2.66. The molecule has 1 aromatic rings. The molecular weight excluding hydrogens is 353 g/mol. The van der Waals surface area contributed by atoms with Crippen LogP contribution in [-0.2, 0) is 0 Å². The molecule has 0 bridgehead atoms. The van der Waals surface area contributed by atoms with Crippen LogP contribution in [0.2, 0.25) is 0 Å². The predicted octanol–water partition coefficient (Wildman–Crippen LogP) is 6.56. The Morgan fingerprint density at radius 1 is 1.04 bits per heavy atom. The van der Waals surface area contributed by atoms with Gasteiger partial charge < -0.3 is 9.63 Å².